The number of hydrogen-bond acceptors (Lipinski definition) is 4. The van der Waals surface area contributed by atoms with E-state index in [0.717, 1.165) is 26.1 Å². The molecule has 0 saturated carbocycles. The van der Waals surface area contributed by atoms with E-state index in [1.165, 1.54) is 15.3 Å². The Morgan fingerprint density at radius 3 is 2.82 bits per heavy atom. The van der Waals surface area contributed by atoms with Gasteiger partial charge < -0.3 is 5.73 Å². The molecular weight excluding hydrogens is 316 g/mol. The first-order valence-corrected chi connectivity index (χ1v) is 8.31. The number of rotatable bonds is 3. The van der Waals surface area contributed by atoms with Crippen LogP contribution in [0, 0.1) is 5.41 Å². The first-order valence-electron chi connectivity index (χ1n) is 7.50. The molecule has 122 valence electrons. The zero-order valence-corrected chi connectivity index (χ0v) is 15.1. The predicted molar refractivity (Wildman–Crippen MR) is 95.4 cm³/mol. The van der Waals surface area contributed by atoms with Gasteiger partial charge >= 0.3 is 0 Å². The molecule has 0 amide bonds. The fourth-order valence-electron chi connectivity index (χ4n) is 3.01. The van der Waals surface area contributed by atoms with E-state index in [1.807, 2.05) is 29.3 Å². The maximum absolute atomic E-state index is 6.22. The Labute approximate surface area is 142 Å². The standard InChI is InChI=1S/C16H24N4S.ClH/c1-16(2)11-20(7-6-15(16)17)10-13-4-5-14(21-13)12-8-18-19(3)9-12;/h4-5,8-9,15H,6-7,10-11,17H2,1-3H3;1H. The van der Waals surface area contributed by atoms with Gasteiger partial charge in [-0.3, -0.25) is 9.58 Å². The van der Waals surface area contributed by atoms with E-state index in [-0.39, 0.29) is 17.8 Å². The SMILES string of the molecule is Cl.Cn1cc(-c2ccc(CN3CCC(N)C(C)(C)C3)s2)cn1. The summed E-state index contributed by atoms with van der Waals surface area (Å²) in [6.45, 7) is 7.76. The van der Waals surface area contributed by atoms with E-state index in [2.05, 4.69) is 42.2 Å². The van der Waals surface area contributed by atoms with Crippen molar-refractivity contribution in [3.05, 3.63) is 29.4 Å². The van der Waals surface area contributed by atoms with Crippen LogP contribution in [0.3, 0.4) is 0 Å². The van der Waals surface area contributed by atoms with Crippen molar-refractivity contribution in [3.63, 3.8) is 0 Å². The van der Waals surface area contributed by atoms with Gasteiger partial charge in [-0.1, -0.05) is 13.8 Å². The summed E-state index contributed by atoms with van der Waals surface area (Å²) in [4.78, 5) is 5.24. The van der Waals surface area contributed by atoms with E-state index in [9.17, 15) is 0 Å². The van der Waals surface area contributed by atoms with Crippen LogP contribution in [0.4, 0.5) is 0 Å². The maximum Gasteiger partial charge on any atom is 0.0576 e. The largest absolute Gasteiger partial charge is 0.327 e. The van der Waals surface area contributed by atoms with Gasteiger partial charge in [0.2, 0.25) is 0 Å². The number of piperidine rings is 1. The summed E-state index contributed by atoms with van der Waals surface area (Å²) in [6.07, 6.45) is 5.09. The Morgan fingerprint density at radius 2 is 2.18 bits per heavy atom. The molecule has 4 nitrogen and oxygen atoms in total. The third-order valence-corrected chi connectivity index (χ3v) is 5.54. The second-order valence-corrected chi connectivity index (χ2v) is 7.93. The van der Waals surface area contributed by atoms with Crippen molar-refractivity contribution in [2.75, 3.05) is 13.1 Å². The predicted octanol–water partition coefficient (Wildman–Crippen LogP) is 3.13. The third kappa shape index (κ3) is 3.71. The van der Waals surface area contributed by atoms with Crippen molar-refractivity contribution in [2.45, 2.75) is 32.9 Å². The lowest BCUT2D eigenvalue weighted by Crippen LogP contribution is -2.51. The molecule has 1 aliphatic rings. The first kappa shape index (κ1) is 17.5. The molecule has 22 heavy (non-hydrogen) atoms. The lowest BCUT2D eigenvalue weighted by atomic mass is 9.80. The fourth-order valence-corrected chi connectivity index (χ4v) is 4.03. The average Bonchev–Trinajstić information content (AvgIpc) is 3.02. The fraction of sp³-hybridized carbons (Fsp3) is 0.562. The molecule has 3 heterocycles. The third-order valence-electron chi connectivity index (χ3n) is 4.42. The lowest BCUT2D eigenvalue weighted by molar-refractivity contribution is 0.0907. The molecule has 2 aromatic rings. The van der Waals surface area contributed by atoms with E-state index < -0.39 is 0 Å². The lowest BCUT2D eigenvalue weighted by Gasteiger charge is -2.42. The minimum Gasteiger partial charge on any atom is -0.327 e. The molecule has 2 N–H and O–H groups in total. The number of aromatic nitrogens is 2. The van der Waals surface area contributed by atoms with Crippen LogP contribution in [0.25, 0.3) is 10.4 Å². The molecular formula is C16H25ClN4S. The minimum atomic E-state index is 0. The van der Waals surface area contributed by atoms with E-state index in [4.69, 9.17) is 5.73 Å². The Bertz CT molecular complexity index is 619. The molecule has 0 aromatic carbocycles. The van der Waals surface area contributed by atoms with Gasteiger partial charge in [-0.15, -0.1) is 23.7 Å². The number of hydrogen-bond donors (Lipinski definition) is 1. The van der Waals surface area contributed by atoms with E-state index in [1.54, 1.807) is 0 Å². The zero-order valence-electron chi connectivity index (χ0n) is 13.5. The number of halogens is 1. The summed E-state index contributed by atoms with van der Waals surface area (Å²) in [7, 11) is 1.96. The molecule has 1 unspecified atom stereocenters. The maximum atomic E-state index is 6.22. The molecule has 0 spiro atoms. The summed E-state index contributed by atoms with van der Waals surface area (Å²) in [6, 6.07) is 4.77. The highest BCUT2D eigenvalue weighted by molar-refractivity contribution is 7.15. The Morgan fingerprint density at radius 1 is 1.41 bits per heavy atom. The van der Waals surface area contributed by atoms with Gasteiger partial charge in [0.15, 0.2) is 0 Å². The van der Waals surface area contributed by atoms with Gasteiger partial charge in [0.25, 0.3) is 0 Å². The molecule has 1 saturated heterocycles. The normalized spacial score (nSPS) is 21.5. The van der Waals surface area contributed by atoms with Crippen LogP contribution in [-0.4, -0.2) is 33.8 Å². The number of nitrogens with two attached hydrogens (primary N) is 1. The number of thiophene rings is 1. The van der Waals surface area contributed by atoms with Crippen LogP contribution in [0.5, 0.6) is 0 Å². The second kappa shape index (κ2) is 6.71. The van der Waals surface area contributed by atoms with Crippen molar-refractivity contribution in [1.29, 1.82) is 0 Å². The van der Waals surface area contributed by atoms with Crippen LogP contribution in [0.1, 0.15) is 25.1 Å². The van der Waals surface area contributed by atoms with Gasteiger partial charge in [0, 0.05) is 54.2 Å². The van der Waals surface area contributed by atoms with Gasteiger partial charge in [0.05, 0.1) is 6.20 Å². The summed E-state index contributed by atoms with van der Waals surface area (Å²) in [5.74, 6) is 0. The Kier molecular flexibility index (Phi) is 5.33. The van der Waals surface area contributed by atoms with E-state index >= 15 is 0 Å². The van der Waals surface area contributed by atoms with Crippen LogP contribution < -0.4 is 5.73 Å². The van der Waals surface area contributed by atoms with Gasteiger partial charge in [-0.05, 0) is 24.0 Å². The van der Waals surface area contributed by atoms with E-state index in [0.29, 0.717) is 6.04 Å². The smallest absolute Gasteiger partial charge is 0.0576 e. The zero-order chi connectivity index (χ0) is 15.0. The molecule has 2 aromatic heterocycles. The molecule has 6 heteroatoms. The van der Waals surface area contributed by atoms with Gasteiger partial charge in [0.1, 0.15) is 0 Å². The molecule has 1 aliphatic heterocycles. The van der Waals surface area contributed by atoms with Crippen LogP contribution in [0.2, 0.25) is 0 Å². The first-order chi connectivity index (χ1) is 9.94. The molecule has 0 radical (unpaired) electrons. The molecule has 0 bridgehead atoms. The average molecular weight is 341 g/mol. The number of likely N-dealkylation sites (tertiary alicyclic amines) is 1. The van der Waals surface area contributed by atoms with Crippen molar-refractivity contribution >= 4 is 23.7 Å². The number of nitrogens with zero attached hydrogens (tertiary/aromatic N) is 3. The van der Waals surface area contributed by atoms with Gasteiger partial charge in [-0.2, -0.15) is 5.10 Å². The Hall–Kier alpha value is -0.880. The topological polar surface area (TPSA) is 47.1 Å². The second-order valence-electron chi connectivity index (χ2n) is 6.76. The summed E-state index contributed by atoms with van der Waals surface area (Å²) >= 11 is 1.87. The number of aryl methyl sites for hydroxylation is 1. The monoisotopic (exact) mass is 340 g/mol. The minimum absolute atomic E-state index is 0. The quantitative estimate of drug-likeness (QED) is 0.933. The summed E-state index contributed by atoms with van der Waals surface area (Å²) < 4.78 is 1.85. The molecule has 1 fully saturated rings. The summed E-state index contributed by atoms with van der Waals surface area (Å²) in [5.41, 5.74) is 7.63. The molecule has 3 rings (SSSR count). The van der Waals surface area contributed by atoms with Crippen molar-refractivity contribution in [3.8, 4) is 10.4 Å². The highest BCUT2D eigenvalue weighted by Crippen LogP contribution is 2.32. The van der Waals surface area contributed by atoms with Crippen LogP contribution in [-0.2, 0) is 13.6 Å². The molecule has 1 atom stereocenters. The van der Waals surface area contributed by atoms with Crippen molar-refractivity contribution in [1.82, 2.24) is 14.7 Å². The highest BCUT2D eigenvalue weighted by Gasteiger charge is 2.33. The summed E-state index contributed by atoms with van der Waals surface area (Å²) in [5, 5.41) is 4.24. The van der Waals surface area contributed by atoms with Crippen LogP contribution >= 0.6 is 23.7 Å². The van der Waals surface area contributed by atoms with Crippen molar-refractivity contribution in [2.24, 2.45) is 18.2 Å². The van der Waals surface area contributed by atoms with Crippen molar-refractivity contribution < 1.29 is 0 Å². The van der Waals surface area contributed by atoms with Crippen LogP contribution in [0.15, 0.2) is 24.5 Å². The highest BCUT2D eigenvalue weighted by atomic mass is 35.5. The Balaban J connectivity index is 0.00000176. The van der Waals surface area contributed by atoms with Gasteiger partial charge in [-0.25, -0.2) is 0 Å². The molecule has 0 aliphatic carbocycles.